The molecular weight excluding hydrogens is 205 g/mol. The summed E-state index contributed by atoms with van der Waals surface area (Å²) in [7, 11) is 0. The van der Waals surface area contributed by atoms with Crippen LogP contribution in [-0.4, -0.2) is 10.2 Å². The van der Waals surface area contributed by atoms with Crippen molar-refractivity contribution in [2.75, 3.05) is 0 Å². The van der Waals surface area contributed by atoms with E-state index in [1.165, 1.54) is 0 Å². The van der Waals surface area contributed by atoms with Gasteiger partial charge in [0.1, 0.15) is 0 Å². The van der Waals surface area contributed by atoms with Crippen LogP contribution in [0.4, 0.5) is 13.2 Å². The minimum absolute atomic E-state index is 0.0574. The molecule has 1 aromatic heterocycles. The lowest BCUT2D eigenvalue weighted by Gasteiger charge is -2.02. The zero-order chi connectivity index (χ0) is 10.5. The van der Waals surface area contributed by atoms with E-state index in [9.17, 15) is 13.2 Å². The second-order valence-electron chi connectivity index (χ2n) is 1.74. The van der Waals surface area contributed by atoms with Crippen molar-refractivity contribution in [3.8, 4) is 0 Å². The highest BCUT2D eigenvalue weighted by molar-refractivity contribution is 6.29. The number of hydrogen-bond acceptors (Lipinski definition) is 2. The molecule has 0 saturated heterocycles. The number of aromatic nitrogens is 2. The van der Waals surface area contributed by atoms with E-state index in [0.29, 0.717) is 0 Å². The molecule has 0 unspecified atom stereocenters. The first kappa shape index (κ1) is 12.2. The second kappa shape index (κ2) is 5.01. The maximum Gasteiger partial charge on any atom is 0.435 e. The molecule has 0 aliphatic rings. The third-order valence-electron chi connectivity index (χ3n) is 0.922. The normalized spacial score (nSPS) is 10.3. The zero-order valence-electron chi connectivity index (χ0n) is 7.06. The molecule has 0 radical (unpaired) electrons. The van der Waals surface area contributed by atoms with Crippen LogP contribution >= 0.6 is 11.6 Å². The Morgan fingerprint density at radius 2 is 1.69 bits per heavy atom. The first-order valence-corrected chi connectivity index (χ1v) is 3.94. The molecule has 1 heterocycles. The van der Waals surface area contributed by atoms with E-state index in [1.807, 2.05) is 13.8 Å². The largest absolute Gasteiger partial charge is 0.435 e. The molecule has 13 heavy (non-hydrogen) atoms. The topological polar surface area (TPSA) is 25.8 Å². The van der Waals surface area contributed by atoms with Crippen molar-refractivity contribution in [3.05, 3.63) is 23.0 Å². The van der Waals surface area contributed by atoms with Crippen LogP contribution in [0.2, 0.25) is 5.15 Å². The van der Waals surface area contributed by atoms with Crippen molar-refractivity contribution < 1.29 is 13.2 Å². The summed E-state index contributed by atoms with van der Waals surface area (Å²) in [6.07, 6.45) is -4.45. The fourth-order valence-electron chi connectivity index (χ4n) is 0.467. The molecule has 0 aliphatic heterocycles. The SMILES string of the molecule is CC.FC(F)(F)c1ccc(Cl)nn1. The van der Waals surface area contributed by atoms with Gasteiger partial charge in [-0.2, -0.15) is 13.2 Å². The average molecular weight is 213 g/mol. The Balaban J connectivity index is 0.000000671. The van der Waals surface area contributed by atoms with Crippen LogP contribution in [-0.2, 0) is 6.18 Å². The minimum Gasteiger partial charge on any atom is -0.164 e. The first-order valence-electron chi connectivity index (χ1n) is 3.56. The molecule has 0 fully saturated rings. The summed E-state index contributed by atoms with van der Waals surface area (Å²) in [6, 6.07) is 1.81. The smallest absolute Gasteiger partial charge is 0.164 e. The average Bonchev–Trinajstić information content (AvgIpc) is 2.07. The molecule has 1 aromatic rings. The molecule has 0 aromatic carbocycles. The van der Waals surface area contributed by atoms with Gasteiger partial charge >= 0.3 is 6.18 Å². The van der Waals surface area contributed by atoms with Crippen molar-refractivity contribution in [2.24, 2.45) is 0 Å². The third-order valence-corrected chi connectivity index (χ3v) is 1.12. The van der Waals surface area contributed by atoms with E-state index < -0.39 is 11.9 Å². The van der Waals surface area contributed by atoms with E-state index in [1.54, 1.807) is 0 Å². The molecule has 6 heteroatoms. The summed E-state index contributed by atoms with van der Waals surface area (Å²) in [5.41, 5.74) is -1.04. The predicted molar refractivity (Wildman–Crippen MR) is 43.4 cm³/mol. The van der Waals surface area contributed by atoms with Crippen molar-refractivity contribution in [1.29, 1.82) is 0 Å². The molecule has 0 N–H and O–H groups in total. The van der Waals surface area contributed by atoms with Crippen molar-refractivity contribution in [2.45, 2.75) is 20.0 Å². The number of halogens is 4. The van der Waals surface area contributed by atoms with Crippen molar-refractivity contribution in [3.63, 3.8) is 0 Å². The van der Waals surface area contributed by atoms with Gasteiger partial charge in [-0.3, -0.25) is 0 Å². The van der Waals surface area contributed by atoms with Gasteiger partial charge in [0.15, 0.2) is 10.8 Å². The van der Waals surface area contributed by atoms with Crippen LogP contribution < -0.4 is 0 Å². The van der Waals surface area contributed by atoms with Gasteiger partial charge in [0.2, 0.25) is 0 Å². The predicted octanol–water partition coefficient (Wildman–Crippen LogP) is 3.18. The Hall–Kier alpha value is -0.840. The molecule has 74 valence electrons. The van der Waals surface area contributed by atoms with Gasteiger partial charge in [-0.1, -0.05) is 25.4 Å². The second-order valence-corrected chi connectivity index (χ2v) is 2.13. The zero-order valence-corrected chi connectivity index (χ0v) is 7.82. The highest BCUT2D eigenvalue weighted by Gasteiger charge is 2.32. The standard InChI is InChI=1S/C5H2ClF3N2.C2H6/c6-4-2-1-3(10-11-4)5(7,8)9;1-2/h1-2H;1-2H3. The summed E-state index contributed by atoms with van der Waals surface area (Å²) in [6.45, 7) is 4.00. The molecule has 0 atom stereocenters. The third kappa shape index (κ3) is 4.07. The molecule has 0 aliphatic carbocycles. The van der Waals surface area contributed by atoms with Crippen LogP contribution in [0.5, 0.6) is 0 Å². The van der Waals surface area contributed by atoms with Gasteiger partial charge in [-0.15, -0.1) is 10.2 Å². The van der Waals surface area contributed by atoms with E-state index >= 15 is 0 Å². The van der Waals surface area contributed by atoms with E-state index in [2.05, 4.69) is 10.2 Å². The molecule has 2 nitrogen and oxygen atoms in total. The summed E-state index contributed by atoms with van der Waals surface area (Å²) in [5, 5.41) is 5.83. The van der Waals surface area contributed by atoms with Gasteiger partial charge in [0.05, 0.1) is 0 Å². The maximum atomic E-state index is 11.8. The fraction of sp³-hybridized carbons (Fsp3) is 0.429. The van der Waals surface area contributed by atoms with Gasteiger partial charge < -0.3 is 0 Å². The quantitative estimate of drug-likeness (QED) is 0.660. The molecule has 0 bridgehead atoms. The van der Waals surface area contributed by atoms with E-state index in [-0.39, 0.29) is 5.15 Å². The van der Waals surface area contributed by atoms with Gasteiger partial charge in [0, 0.05) is 0 Å². The van der Waals surface area contributed by atoms with Crippen LogP contribution in [0.3, 0.4) is 0 Å². The summed E-state index contributed by atoms with van der Waals surface area (Å²) >= 11 is 5.22. The van der Waals surface area contributed by atoms with Gasteiger partial charge in [0.25, 0.3) is 0 Å². The molecule has 0 saturated carbocycles. The molecular formula is C7H8ClF3N2. The lowest BCUT2D eigenvalue weighted by Crippen LogP contribution is -2.08. The summed E-state index contributed by atoms with van der Waals surface area (Å²) < 4.78 is 35.3. The summed E-state index contributed by atoms with van der Waals surface area (Å²) in [4.78, 5) is 0. The molecule has 0 spiro atoms. The molecule has 0 amide bonds. The van der Waals surface area contributed by atoms with Crippen molar-refractivity contribution in [1.82, 2.24) is 10.2 Å². The van der Waals surface area contributed by atoms with Crippen LogP contribution in [0, 0.1) is 0 Å². The van der Waals surface area contributed by atoms with Gasteiger partial charge in [-0.05, 0) is 12.1 Å². The van der Waals surface area contributed by atoms with E-state index in [4.69, 9.17) is 11.6 Å². The van der Waals surface area contributed by atoms with Gasteiger partial charge in [-0.25, -0.2) is 0 Å². The Labute approximate surface area is 78.7 Å². The highest BCUT2D eigenvalue weighted by atomic mass is 35.5. The lowest BCUT2D eigenvalue weighted by molar-refractivity contribution is -0.141. The Kier molecular flexibility index (Phi) is 4.69. The minimum atomic E-state index is -4.45. The first-order chi connectivity index (χ1) is 6.00. The molecule has 1 rings (SSSR count). The fourth-order valence-corrected chi connectivity index (χ4v) is 0.568. The Morgan fingerprint density at radius 1 is 1.15 bits per heavy atom. The number of alkyl halides is 3. The highest BCUT2D eigenvalue weighted by Crippen LogP contribution is 2.26. The number of nitrogens with zero attached hydrogens (tertiary/aromatic N) is 2. The lowest BCUT2D eigenvalue weighted by atomic mass is 10.4. The Morgan fingerprint density at radius 3 is 2.00 bits per heavy atom. The number of rotatable bonds is 0. The van der Waals surface area contributed by atoms with E-state index in [0.717, 1.165) is 12.1 Å². The van der Waals surface area contributed by atoms with Crippen molar-refractivity contribution >= 4 is 11.6 Å². The summed E-state index contributed by atoms with van der Waals surface area (Å²) in [5.74, 6) is 0. The monoisotopic (exact) mass is 212 g/mol. The van der Waals surface area contributed by atoms with Crippen LogP contribution in [0.15, 0.2) is 12.1 Å². The number of hydrogen-bond donors (Lipinski definition) is 0. The Bertz CT molecular complexity index is 245. The van der Waals surface area contributed by atoms with Crippen LogP contribution in [0.25, 0.3) is 0 Å². The van der Waals surface area contributed by atoms with Crippen LogP contribution in [0.1, 0.15) is 19.5 Å². The maximum absolute atomic E-state index is 11.8.